The van der Waals surface area contributed by atoms with Gasteiger partial charge in [-0.1, -0.05) is 0 Å². The lowest BCUT2D eigenvalue weighted by Gasteiger charge is -2.04. The molecule has 0 spiro atoms. The molecule has 1 aliphatic carbocycles. The zero-order valence-electron chi connectivity index (χ0n) is 10.8. The monoisotopic (exact) mass is 277 g/mol. The predicted molar refractivity (Wildman–Crippen MR) is 69.6 cm³/mol. The van der Waals surface area contributed by atoms with Gasteiger partial charge in [0.25, 0.3) is 5.91 Å². The molecule has 104 valence electrons. The van der Waals surface area contributed by atoms with Crippen LogP contribution in [0.25, 0.3) is 0 Å². The lowest BCUT2D eigenvalue weighted by molar-refractivity contribution is 0.102. The summed E-state index contributed by atoms with van der Waals surface area (Å²) in [5, 5.41) is 9.58. The number of halogens is 2. The van der Waals surface area contributed by atoms with Gasteiger partial charge in [-0.05, 0) is 38.0 Å². The van der Waals surface area contributed by atoms with E-state index in [9.17, 15) is 13.6 Å². The Hall–Kier alpha value is -2.24. The van der Waals surface area contributed by atoms with E-state index < -0.39 is 17.5 Å². The predicted octanol–water partition coefficient (Wildman–Crippen LogP) is 3.13. The Balaban J connectivity index is 1.80. The number of nitrogens with one attached hydrogen (secondary N) is 2. The number of aromatic nitrogens is 2. The maximum absolute atomic E-state index is 13.1. The molecule has 2 N–H and O–H groups in total. The summed E-state index contributed by atoms with van der Waals surface area (Å²) in [7, 11) is 0. The topological polar surface area (TPSA) is 57.8 Å². The third-order valence-corrected chi connectivity index (χ3v) is 3.45. The largest absolute Gasteiger partial charge is 0.305 e. The molecule has 0 unspecified atom stereocenters. The van der Waals surface area contributed by atoms with Gasteiger partial charge in [-0.25, -0.2) is 8.78 Å². The number of hydrogen-bond acceptors (Lipinski definition) is 2. The number of hydrogen-bond donors (Lipinski definition) is 2. The maximum Gasteiger partial charge on any atom is 0.256 e. The van der Waals surface area contributed by atoms with Gasteiger partial charge < -0.3 is 5.32 Å². The van der Waals surface area contributed by atoms with E-state index in [1.54, 1.807) is 0 Å². The van der Waals surface area contributed by atoms with Crippen molar-refractivity contribution in [1.82, 2.24) is 10.2 Å². The van der Waals surface area contributed by atoms with Crippen LogP contribution in [0.3, 0.4) is 0 Å². The van der Waals surface area contributed by atoms with Crippen molar-refractivity contribution in [3.63, 3.8) is 0 Å². The molecule has 1 heterocycles. The number of H-pyrrole nitrogens is 1. The summed E-state index contributed by atoms with van der Waals surface area (Å²) in [4.78, 5) is 12.0. The summed E-state index contributed by atoms with van der Waals surface area (Å²) in [6.45, 7) is 1.87. The molecule has 1 saturated carbocycles. The zero-order valence-corrected chi connectivity index (χ0v) is 10.8. The molecule has 6 heteroatoms. The average Bonchev–Trinajstić information content (AvgIpc) is 3.19. The highest BCUT2D eigenvalue weighted by molar-refractivity contribution is 6.04. The van der Waals surface area contributed by atoms with Crippen LogP contribution in [-0.2, 0) is 0 Å². The lowest BCUT2D eigenvalue weighted by atomic mass is 10.1. The number of carbonyl (C=O) groups excluding carboxylic acids is 1. The minimum Gasteiger partial charge on any atom is -0.305 e. The Kier molecular flexibility index (Phi) is 3.00. The van der Waals surface area contributed by atoms with E-state index in [0.29, 0.717) is 11.7 Å². The van der Waals surface area contributed by atoms with E-state index in [4.69, 9.17) is 0 Å². The molecule has 1 aliphatic rings. The molecule has 3 rings (SSSR count). The van der Waals surface area contributed by atoms with Gasteiger partial charge in [0.05, 0.1) is 0 Å². The molecule has 1 aromatic carbocycles. The lowest BCUT2D eigenvalue weighted by Crippen LogP contribution is -2.13. The highest BCUT2D eigenvalue weighted by Gasteiger charge is 2.28. The Bertz CT molecular complexity index is 677. The van der Waals surface area contributed by atoms with Crippen LogP contribution < -0.4 is 5.32 Å². The number of carbonyl (C=O) groups is 1. The van der Waals surface area contributed by atoms with Crippen LogP contribution in [0.5, 0.6) is 0 Å². The molecule has 1 fully saturated rings. The number of aromatic amines is 1. The van der Waals surface area contributed by atoms with Crippen LogP contribution in [0.4, 0.5) is 14.6 Å². The van der Waals surface area contributed by atoms with Crippen LogP contribution in [0.15, 0.2) is 18.2 Å². The first kappa shape index (κ1) is 12.8. The van der Waals surface area contributed by atoms with Gasteiger partial charge in [-0.2, -0.15) is 5.10 Å². The highest BCUT2D eigenvalue weighted by Crippen LogP contribution is 2.41. The van der Waals surface area contributed by atoms with Crippen molar-refractivity contribution in [2.45, 2.75) is 25.7 Å². The molecule has 0 bridgehead atoms. The SMILES string of the molecule is Cc1c(NC(=O)c2ccc(F)c(F)c2)n[nH]c1C1CC1. The van der Waals surface area contributed by atoms with Crippen LogP contribution in [-0.4, -0.2) is 16.1 Å². The van der Waals surface area contributed by atoms with Crippen LogP contribution in [0.1, 0.15) is 40.4 Å². The molecule has 0 atom stereocenters. The van der Waals surface area contributed by atoms with Gasteiger partial charge in [0.2, 0.25) is 0 Å². The number of rotatable bonds is 3. The smallest absolute Gasteiger partial charge is 0.256 e. The average molecular weight is 277 g/mol. The molecule has 1 aromatic heterocycles. The van der Waals surface area contributed by atoms with E-state index in [1.165, 1.54) is 6.07 Å². The first-order chi connectivity index (χ1) is 9.56. The quantitative estimate of drug-likeness (QED) is 0.905. The molecule has 20 heavy (non-hydrogen) atoms. The van der Waals surface area contributed by atoms with E-state index in [1.807, 2.05) is 6.92 Å². The normalized spacial score (nSPS) is 14.3. The standard InChI is InChI=1S/C14H13F2N3O/c1-7-12(8-2-3-8)18-19-13(7)17-14(20)9-4-5-10(15)11(16)6-9/h4-6,8H,2-3H2,1H3,(H2,17,18,19,20). The number of anilines is 1. The third kappa shape index (κ3) is 2.29. The molecular formula is C14H13F2N3O. The Morgan fingerprint density at radius 2 is 2.10 bits per heavy atom. The molecule has 2 aromatic rings. The van der Waals surface area contributed by atoms with E-state index in [2.05, 4.69) is 15.5 Å². The van der Waals surface area contributed by atoms with Crippen molar-refractivity contribution < 1.29 is 13.6 Å². The molecule has 0 radical (unpaired) electrons. The van der Waals surface area contributed by atoms with Crippen LogP contribution in [0.2, 0.25) is 0 Å². The van der Waals surface area contributed by atoms with Crippen LogP contribution >= 0.6 is 0 Å². The van der Waals surface area contributed by atoms with E-state index in [0.717, 1.165) is 36.2 Å². The Morgan fingerprint density at radius 3 is 2.75 bits per heavy atom. The van der Waals surface area contributed by atoms with Crippen molar-refractivity contribution in [2.75, 3.05) is 5.32 Å². The summed E-state index contributed by atoms with van der Waals surface area (Å²) in [5.74, 6) is -1.61. The first-order valence-electron chi connectivity index (χ1n) is 6.37. The second-order valence-corrected chi connectivity index (χ2v) is 4.97. The first-order valence-corrected chi connectivity index (χ1v) is 6.37. The van der Waals surface area contributed by atoms with Crippen molar-refractivity contribution in [3.8, 4) is 0 Å². The van der Waals surface area contributed by atoms with Gasteiger partial charge >= 0.3 is 0 Å². The second-order valence-electron chi connectivity index (χ2n) is 4.97. The number of nitrogens with zero attached hydrogens (tertiary/aromatic N) is 1. The molecule has 1 amide bonds. The van der Waals surface area contributed by atoms with Gasteiger partial charge in [0.1, 0.15) is 0 Å². The Labute approximate surface area is 114 Å². The fourth-order valence-electron chi connectivity index (χ4n) is 2.12. The minimum absolute atomic E-state index is 0.0549. The van der Waals surface area contributed by atoms with Crippen molar-refractivity contribution >= 4 is 11.7 Å². The Morgan fingerprint density at radius 1 is 1.35 bits per heavy atom. The minimum atomic E-state index is -1.05. The molecule has 0 saturated heterocycles. The maximum atomic E-state index is 13.1. The zero-order chi connectivity index (χ0) is 14.3. The summed E-state index contributed by atoms with van der Waals surface area (Å²) in [5.41, 5.74) is 1.98. The summed E-state index contributed by atoms with van der Waals surface area (Å²) in [6, 6.07) is 3.03. The summed E-state index contributed by atoms with van der Waals surface area (Å²) >= 11 is 0. The van der Waals surface area contributed by atoms with Crippen LogP contribution in [0, 0.1) is 18.6 Å². The fraction of sp³-hybridized carbons (Fsp3) is 0.286. The van der Waals surface area contributed by atoms with Crippen molar-refractivity contribution in [2.24, 2.45) is 0 Å². The highest BCUT2D eigenvalue weighted by atomic mass is 19.2. The fourth-order valence-corrected chi connectivity index (χ4v) is 2.12. The van der Waals surface area contributed by atoms with E-state index in [-0.39, 0.29) is 5.56 Å². The van der Waals surface area contributed by atoms with Gasteiger partial charge in [-0.15, -0.1) is 0 Å². The van der Waals surface area contributed by atoms with Gasteiger partial charge in [-0.3, -0.25) is 9.89 Å². The van der Waals surface area contributed by atoms with Crippen molar-refractivity contribution in [3.05, 3.63) is 46.7 Å². The molecule has 4 nitrogen and oxygen atoms in total. The summed E-state index contributed by atoms with van der Waals surface area (Å²) < 4.78 is 25.9. The van der Waals surface area contributed by atoms with Crippen molar-refractivity contribution in [1.29, 1.82) is 0 Å². The van der Waals surface area contributed by atoms with E-state index >= 15 is 0 Å². The molecular weight excluding hydrogens is 264 g/mol. The summed E-state index contributed by atoms with van der Waals surface area (Å²) in [6.07, 6.45) is 2.25. The van der Waals surface area contributed by atoms with Gasteiger partial charge in [0.15, 0.2) is 17.5 Å². The third-order valence-electron chi connectivity index (χ3n) is 3.45. The number of amides is 1. The van der Waals surface area contributed by atoms with Gasteiger partial charge in [0, 0.05) is 22.7 Å². The number of benzene rings is 1. The second kappa shape index (κ2) is 4.70. The molecule has 0 aliphatic heterocycles.